The second-order valence-electron chi connectivity index (χ2n) is 4.70. The molecule has 1 aromatic rings. The summed E-state index contributed by atoms with van der Waals surface area (Å²) in [5.74, 6) is -0.554. The highest BCUT2D eigenvalue weighted by Crippen LogP contribution is 2.46. The predicted molar refractivity (Wildman–Crippen MR) is 70.0 cm³/mol. The van der Waals surface area contributed by atoms with E-state index in [0.29, 0.717) is 12.1 Å². The van der Waals surface area contributed by atoms with E-state index < -0.39 is 5.41 Å². The van der Waals surface area contributed by atoms with Crippen LogP contribution in [0.2, 0.25) is 0 Å². The molecule has 2 rings (SSSR count). The molecule has 1 aliphatic carbocycles. The zero-order valence-corrected chi connectivity index (χ0v) is 11.1. The van der Waals surface area contributed by atoms with E-state index in [0.717, 1.165) is 18.5 Å². The number of carbonyl (C=O) groups excluding carboxylic acids is 2. The molecule has 19 heavy (non-hydrogen) atoms. The summed E-state index contributed by atoms with van der Waals surface area (Å²) in [5, 5.41) is 3.17. The molecule has 5 heteroatoms. The lowest BCUT2D eigenvalue weighted by Crippen LogP contribution is -2.26. The third-order valence-electron chi connectivity index (χ3n) is 3.39. The van der Waals surface area contributed by atoms with Gasteiger partial charge in [0.25, 0.3) is 0 Å². The summed E-state index contributed by atoms with van der Waals surface area (Å²) in [5.41, 5.74) is 0.879. The molecule has 0 heterocycles. The second kappa shape index (κ2) is 5.30. The average molecular weight is 263 g/mol. The van der Waals surface area contributed by atoms with Crippen LogP contribution in [0.1, 0.15) is 23.2 Å². The van der Waals surface area contributed by atoms with E-state index in [9.17, 15) is 9.59 Å². The normalized spacial score (nSPS) is 15.5. The minimum absolute atomic E-state index is 0.177. The van der Waals surface area contributed by atoms with Crippen molar-refractivity contribution in [3.8, 4) is 0 Å². The minimum atomic E-state index is -0.393. The molecule has 0 spiro atoms. The zero-order valence-electron chi connectivity index (χ0n) is 11.1. The van der Waals surface area contributed by atoms with Gasteiger partial charge in [0.05, 0.1) is 25.2 Å². The summed E-state index contributed by atoms with van der Waals surface area (Å²) in [6.07, 6.45) is 1.67. The van der Waals surface area contributed by atoms with Crippen LogP contribution in [0.4, 0.5) is 5.69 Å². The van der Waals surface area contributed by atoms with Gasteiger partial charge in [0.15, 0.2) is 0 Å². The van der Waals surface area contributed by atoms with Crippen LogP contribution in [0.15, 0.2) is 24.3 Å². The van der Waals surface area contributed by atoms with Gasteiger partial charge in [-0.3, -0.25) is 4.79 Å². The Morgan fingerprint density at radius 2 is 2.00 bits per heavy atom. The Morgan fingerprint density at radius 1 is 1.26 bits per heavy atom. The van der Waals surface area contributed by atoms with E-state index in [1.165, 1.54) is 14.2 Å². The SMILES string of the molecule is COC(=O)c1cccc(NCC2(C(=O)OC)CC2)c1. The van der Waals surface area contributed by atoms with E-state index in [2.05, 4.69) is 10.1 Å². The number of hydrogen-bond acceptors (Lipinski definition) is 5. The van der Waals surface area contributed by atoms with Crippen LogP contribution in [0, 0.1) is 5.41 Å². The first kappa shape index (κ1) is 13.4. The van der Waals surface area contributed by atoms with Crippen molar-refractivity contribution >= 4 is 17.6 Å². The van der Waals surface area contributed by atoms with E-state index >= 15 is 0 Å². The van der Waals surface area contributed by atoms with Gasteiger partial charge in [-0.1, -0.05) is 6.07 Å². The first-order valence-electron chi connectivity index (χ1n) is 6.12. The molecule has 0 atom stereocenters. The Kier molecular flexibility index (Phi) is 3.74. The van der Waals surface area contributed by atoms with E-state index in [4.69, 9.17) is 4.74 Å². The van der Waals surface area contributed by atoms with Crippen LogP contribution in [0.5, 0.6) is 0 Å². The maximum absolute atomic E-state index is 11.6. The molecule has 1 saturated carbocycles. The van der Waals surface area contributed by atoms with Crippen molar-refractivity contribution in [2.75, 3.05) is 26.1 Å². The quantitative estimate of drug-likeness (QED) is 0.821. The number of hydrogen-bond donors (Lipinski definition) is 1. The standard InChI is InChI=1S/C14H17NO4/c1-18-12(16)10-4-3-5-11(8-10)15-9-14(6-7-14)13(17)19-2/h3-5,8,15H,6-7,9H2,1-2H3. The van der Waals surface area contributed by atoms with Crippen molar-refractivity contribution in [3.05, 3.63) is 29.8 Å². The summed E-state index contributed by atoms with van der Waals surface area (Å²) >= 11 is 0. The lowest BCUT2D eigenvalue weighted by Gasteiger charge is -2.14. The second-order valence-corrected chi connectivity index (χ2v) is 4.70. The first-order chi connectivity index (χ1) is 9.11. The zero-order chi connectivity index (χ0) is 13.9. The van der Waals surface area contributed by atoms with Crippen molar-refractivity contribution in [2.45, 2.75) is 12.8 Å². The topological polar surface area (TPSA) is 64.6 Å². The molecule has 1 aliphatic rings. The number of carbonyl (C=O) groups is 2. The third-order valence-corrected chi connectivity index (χ3v) is 3.39. The number of ether oxygens (including phenoxy) is 2. The molecular weight excluding hydrogens is 246 g/mol. The van der Waals surface area contributed by atoms with Crippen LogP contribution in [0.25, 0.3) is 0 Å². The summed E-state index contributed by atoms with van der Waals surface area (Å²) in [6.45, 7) is 0.518. The van der Waals surface area contributed by atoms with Gasteiger partial charge in [-0.05, 0) is 31.0 Å². The molecule has 0 aromatic heterocycles. The molecule has 0 amide bonds. The fraction of sp³-hybridized carbons (Fsp3) is 0.429. The van der Waals surface area contributed by atoms with Gasteiger partial charge in [0.2, 0.25) is 0 Å². The minimum Gasteiger partial charge on any atom is -0.469 e. The third kappa shape index (κ3) is 2.86. The maximum atomic E-state index is 11.6. The van der Waals surface area contributed by atoms with Gasteiger partial charge in [-0.2, -0.15) is 0 Å². The highest BCUT2D eigenvalue weighted by atomic mass is 16.5. The summed E-state index contributed by atoms with van der Waals surface area (Å²) in [4.78, 5) is 23.0. The summed E-state index contributed by atoms with van der Waals surface area (Å²) in [6, 6.07) is 7.01. The molecule has 1 N–H and O–H groups in total. The predicted octanol–water partition coefficient (Wildman–Crippen LogP) is 1.84. The van der Waals surface area contributed by atoms with Crippen LogP contribution in [-0.2, 0) is 14.3 Å². The molecule has 0 unspecified atom stereocenters. The Labute approximate surface area is 111 Å². The molecule has 5 nitrogen and oxygen atoms in total. The molecule has 0 bridgehead atoms. The molecule has 102 valence electrons. The molecular formula is C14H17NO4. The summed E-state index contributed by atoms with van der Waals surface area (Å²) in [7, 11) is 2.75. The number of rotatable bonds is 5. The highest BCUT2D eigenvalue weighted by molar-refractivity contribution is 5.90. The van der Waals surface area contributed by atoms with Gasteiger partial charge < -0.3 is 14.8 Å². The number of esters is 2. The molecule has 0 radical (unpaired) electrons. The van der Waals surface area contributed by atoms with E-state index in [1.807, 2.05) is 6.07 Å². The lowest BCUT2D eigenvalue weighted by atomic mass is 10.1. The number of nitrogens with one attached hydrogen (secondary N) is 1. The van der Waals surface area contributed by atoms with E-state index in [1.54, 1.807) is 18.2 Å². The molecule has 0 saturated heterocycles. The van der Waals surface area contributed by atoms with Crippen molar-refractivity contribution in [2.24, 2.45) is 5.41 Å². The number of anilines is 1. The van der Waals surface area contributed by atoms with Crippen LogP contribution in [0.3, 0.4) is 0 Å². The number of benzene rings is 1. The Balaban J connectivity index is 2.00. The van der Waals surface area contributed by atoms with Crippen molar-refractivity contribution in [1.82, 2.24) is 0 Å². The Hall–Kier alpha value is -2.04. The van der Waals surface area contributed by atoms with Crippen molar-refractivity contribution < 1.29 is 19.1 Å². The van der Waals surface area contributed by atoms with Gasteiger partial charge in [0, 0.05) is 12.2 Å². The van der Waals surface area contributed by atoms with Crippen molar-refractivity contribution in [1.29, 1.82) is 0 Å². The van der Waals surface area contributed by atoms with Gasteiger partial charge in [-0.15, -0.1) is 0 Å². The average Bonchev–Trinajstić information content (AvgIpc) is 3.25. The first-order valence-corrected chi connectivity index (χ1v) is 6.12. The van der Waals surface area contributed by atoms with E-state index in [-0.39, 0.29) is 11.9 Å². The Bertz CT molecular complexity index is 494. The molecule has 1 fully saturated rings. The van der Waals surface area contributed by atoms with Crippen LogP contribution in [-0.4, -0.2) is 32.7 Å². The largest absolute Gasteiger partial charge is 0.469 e. The molecule has 0 aliphatic heterocycles. The molecule has 1 aromatic carbocycles. The monoisotopic (exact) mass is 263 g/mol. The lowest BCUT2D eigenvalue weighted by molar-refractivity contribution is -0.146. The van der Waals surface area contributed by atoms with Crippen LogP contribution < -0.4 is 5.32 Å². The maximum Gasteiger partial charge on any atom is 0.337 e. The smallest absolute Gasteiger partial charge is 0.337 e. The Morgan fingerprint density at radius 3 is 2.58 bits per heavy atom. The highest BCUT2D eigenvalue weighted by Gasteiger charge is 2.50. The van der Waals surface area contributed by atoms with Gasteiger partial charge in [0.1, 0.15) is 0 Å². The fourth-order valence-electron chi connectivity index (χ4n) is 1.97. The van der Waals surface area contributed by atoms with Crippen molar-refractivity contribution in [3.63, 3.8) is 0 Å². The van der Waals surface area contributed by atoms with Crippen LogP contribution >= 0.6 is 0 Å². The number of methoxy groups -OCH3 is 2. The fourth-order valence-corrected chi connectivity index (χ4v) is 1.97. The summed E-state index contributed by atoms with van der Waals surface area (Å²) < 4.78 is 9.46. The van der Waals surface area contributed by atoms with Gasteiger partial charge in [-0.25, -0.2) is 4.79 Å². The van der Waals surface area contributed by atoms with Gasteiger partial charge >= 0.3 is 11.9 Å².